The van der Waals surface area contributed by atoms with Crippen LogP contribution in [0.15, 0.2) is 42.5 Å². The topological polar surface area (TPSA) is 43.1 Å². The lowest BCUT2D eigenvalue weighted by Gasteiger charge is -2.19. The van der Waals surface area contributed by atoms with Gasteiger partial charge in [0.2, 0.25) is 0 Å². The number of nitrogen functional groups attached to an aromatic ring is 1. The van der Waals surface area contributed by atoms with Gasteiger partial charge >= 0.3 is 0 Å². The number of hydrogen-bond acceptors (Lipinski definition) is 2. The fourth-order valence-electron chi connectivity index (χ4n) is 2.07. The second-order valence-corrected chi connectivity index (χ2v) is 6.23. The van der Waals surface area contributed by atoms with Crippen LogP contribution in [0.2, 0.25) is 0 Å². The molecule has 0 bridgehead atoms. The van der Waals surface area contributed by atoms with Gasteiger partial charge in [0.05, 0.1) is 0 Å². The summed E-state index contributed by atoms with van der Waals surface area (Å²) in [6.45, 7) is 8.40. The van der Waals surface area contributed by atoms with Gasteiger partial charge in [0.25, 0.3) is 0 Å². The first-order chi connectivity index (χ1) is 9.29. The van der Waals surface area contributed by atoms with Crippen molar-refractivity contribution >= 4 is 11.5 Å². The van der Waals surface area contributed by atoms with E-state index in [-0.39, 0.29) is 11.2 Å². The number of carbonyl (C=O) groups excluding carboxylic acids is 1. The quantitative estimate of drug-likeness (QED) is 0.657. The molecule has 0 aliphatic carbocycles. The molecule has 2 rings (SSSR count). The van der Waals surface area contributed by atoms with Crippen LogP contribution < -0.4 is 5.73 Å². The number of carbonyl (C=O) groups is 1. The van der Waals surface area contributed by atoms with Crippen molar-refractivity contribution in [2.24, 2.45) is 0 Å². The second kappa shape index (κ2) is 5.12. The van der Waals surface area contributed by atoms with Gasteiger partial charge in [-0.15, -0.1) is 0 Å². The molecule has 0 saturated heterocycles. The normalized spacial score (nSPS) is 11.4. The first-order valence-corrected chi connectivity index (χ1v) is 6.80. The zero-order chi connectivity index (χ0) is 14.9. The van der Waals surface area contributed by atoms with Gasteiger partial charge in [0, 0.05) is 16.8 Å². The molecule has 20 heavy (non-hydrogen) atoms. The van der Waals surface area contributed by atoms with E-state index in [1.165, 1.54) is 5.56 Å². The Labute approximate surface area is 120 Å². The van der Waals surface area contributed by atoms with Crippen LogP contribution in [0.4, 0.5) is 5.69 Å². The minimum Gasteiger partial charge on any atom is -0.398 e. The summed E-state index contributed by atoms with van der Waals surface area (Å²) in [6.07, 6.45) is 0. The molecule has 2 nitrogen and oxygen atoms in total. The molecule has 0 aliphatic rings. The molecule has 2 N–H and O–H groups in total. The third-order valence-electron chi connectivity index (χ3n) is 3.55. The summed E-state index contributed by atoms with van der Waals surface area (Å²) in [5.74, 6) is 0.0113. The minimum atomic E-state index is 0.0113. The van der Waals surface area contributed by atoms with Crippen LogP contribution in [-0.4, -0.2) is 5.78 Å². The van der Waals surface area contributed by atoms with Crippen LogP contribution in [0, 0.1) is 6.92 Å². The lowest BCUT2D eigenvalue weighted by Crippen LogP contribution is -2.11. The first kappa shape index (κ1) is 14.3. The highest BCUT2D eigenvalue weighted by atomic mass is 16.1. The molecule has 0 aliphatic heterocycles. The van der Waals surface area contributed by atoms with E-state index in [2.05, 4.69) is 20.8 Å². The van der Waals surface area contributed by atoms with Crippen molar-refractivity contribution in [2.75, 3.05) is 5.73 Å². The molecule has 0 saturated carbocycles. The highest BCUT2D eigenvalue weighted by Gasteiger charge is 2.15. The highest BCUT2D eigenvalue weighted by molar-refractivity contribution is 6.09. The maximum atomic E-state index is 12.4. The predicted octanol–water partition coefficient (Wildman–Crippen LogP) is 4.11. The van der Waals surface area contributed by atoms with Crippen LogP contribution in [0.3, 0.4) is 0 Å². The van der Waals surface area contributed by atoms with Gasteiger partial charge in [0.15, 0.2) is 5.78 Å². The third-order valence-corrected chi connectivity index (χ3v) is 3.55. The molecular weight excluding hydrogens is 246 g/mol. The van der Waals surface area contributed by atoms with E-state index in [9.17, 15) is 4.79 Å². The summed E-state index contributed by atoms with van der Waals surface area (Å²) < 4.78 is 0. The first-order valence-electron chi connectivity index (χ1n) is 6.80. The molecule has 0 atom stereocenters. The molecule has 2 aromatic carbocycles. The summed E-state index contributed by atoms with van der Waals surface area (Å²) >= 11 is 0. The SMILES string of the molecule is Cc1ccc(C(=O)c2ccc(C(C)(C)C)cc2)cc1N. The molecule has 104 valence electrons. The monoisotopic (exact) mass is 267 g/mol. The minimum absolute atomic E-state index is 0.0113. The number of aryl methyl sites for hydroxylation is 1. The Morgan fingerprint density at radius 3 is 2.00 bits per heavy atom. The van der Waals surface area contributed by atoms with E-state index >= 15 is 0 Å². The molecule has 0 radical (unpaired) electrons. The van der Waals surface area contributed by atoms with Gasteiger partial charge < -0.3 is 5.73 Å². The molecule has 2 heteroatoms. The number of anilines is 1. The number of rotatable bonds is 2. The smallest absolute Gasteiger partial charge is 0.193 e. The maximum absolute atomic E-state index is 12.4. The van der Waals surface area contributed by atoms with Gasteiger partial charge in [-0.05, 0) is 29.5 Å². The van der Waals surface area contributed by atoms with E-state index in [0.29, 0.717) is 16.8 Å². The zero-order valence-corrected chi connectivity index (χ0v) is 12.5. The van der Waals surface area contributed by atoms with Gasteiger partial charge in [-0.1, -0.05) is 57.2 Å². The van der Waals surface area contributed by atoms with Crippen molar-refractivity contribution in [3.8, 4) is 0 Å². The predicted molar refractivity (Wildman–Crippen MR) is 84.2 cm³/mol. The van der Waals surface area contributed by atoms with Crippen molar-refractivity contribution in [1.82, 2.24) is 0 Å². The van der Waals surface area contributed by atoms with Crippen LogP contribution in [-0.2, 0) is 5.41 Å². The highest BCUT2D eigenvalue weighted by Crippen LogP contribution is 2.23. The lowest BCUT2D eigenvalue weighted by atomic mass is 9.86. The van der Waals surface area contributed by atoms with Crippen LogP contribution in [0.1, 0.15) is 47.8 Å². The number of ketones is 1. The van der Waals surface area contributed by atoms with E-state index in [4.69, 9.17) is 5.73 Å². The molecule has 0 unspecified atom stereocenters. The van der Waals surface area contributed by atoms with E-state index < -0.39 is 0 Å². The molecule has 0 heterocycles. The zero-order valence-electron chi connectivity index (χ0n) is 12.5. The Balaban J connectivity index is 2.31. The molecule has 0 aromatic heterocycles. The molecule has 0 spiro atoms. The lowest BCUT2D eigenvalue weighted by molar-refractivity contribution is 0.103. The largest absolute Gasteiger partial charge is 0.398 e. The Morgan fingerprint density at radius 1 is 0.950 bits per heavy atom. The van der Waals surface area contributed by atoms with E-state index in [0.717, 1.165) is 5.56 Å². The standard InChI is InChI=1S/C18H21NO/c1-12-5-6-14(11-16(12)19)17(20)13-7-9-15(10-8-13)18(2,3)4/h5-11H,19H2,1-4H3. The average Bonchev–Trinajstić information content (AvgIpc) is 2.40. The van der Waals surface area contributed by atoms with Crippen LogP contribution in [0.25, 0.3) is 0 Å². The number of hydrogen-bond donors (Lipinski definition) is 1. The summed E-state index contributed by atoms with van der Waals surface area (Å²) in [5, 5.41) is 0. The van der Waals surface area contributed by atoms with Gasteiger partial charge in [-0.3, -0.25) is 4.79 Å². The Kier molecular flexibility index (Phi) is 3.67. The molecule has 2 aromatic rings. The van der Waals surface area contributed by atoms with Crippen molar-refractivity contribution in [1.29, 1.82) is 0 Å². The van der Waals surface area contributed by atoms with Crippen LogP contribution >= 0.6 is 0 Å². The second-order valence-electron chi connectivity index (χ2n) is 6.23. The number of benzene rings is 2. The average molecular weight is 267 g/mol. The Bertz CT molecular complexity index is 633. The molecule has 0 amide bonds. The third kappa shape index (κ3) is 2.90. The van der Waals surface area contributed by atoms with E-state index in [1.807, 2.05) is 43.3 Å². The summed E-state index contributed by atoms with van der Waals surface area (Å²) in [5.41, 5.74) is 10.2. The summed E-state index contributed by atoms with van der Waals surface area (Å²) in [4.78, 5) is 12.4. The maximum Gasteiger partial charge on any atom is 0.193 e. The summed E-state index contributed by atoms with van der Waals surface area (Å²) in [7, 11) is 0. The summed E-state index contributed by atoms with van der Waals surface area (Å²) in [6, 6.07) is 13.3. The van der Waals surface area contributed by atoms with Gasteiger partial charge in [-0.2, -0.15) is 0 Å². The molecule has 0 fully saturated rings. The van der Waals surface area contributed by atoms with Crippen molar-refractivity contribution < 1.29 is 4.79 Å². The van der Waals surface area contributed by atoms with Gasteiger partial charge in [0.1, 0.15) is 0 Å². The van der Waals surface area contributed by atoms with E-state index in [1.54, 1.807) is 6.07 Å². The fourth-order valence-corrected chi connectivity index (χ4v) is 2.07. The fraction of sp³-hybridized carbons (Fsp3) is 0.278. The van der Waals surface area contributed by atoms with Crippen molar-refractivity contribution in [3.05, 3.63) is 64.7 Å². The van der Waals surface area contributed by atoms with Crippen molar-refractivity contribution in [2.45, 2.75) is 33.1 Å². The Hall–Kier alpha value is -2.09. The van der Waals surface area contributed by atoms with Crippen LogP contribution in [0.5, 0.6) is 0 Å². The molecular formula is C18H21NO. The van der Waals surface area contributed by atoms with Crippen molar-refractivity contribution in [3.63, 3.8) is 0 Å². The number of nitrogens with two attached hydrogens (primary N) is 1. The van der Waals surface area contributed by atoms with Gasteiger partial charge in [-0.25, -0.2) is 0 Å². The Morgan fingerprint density at radius 2 is 1.50 bits per heavy atom.